The molecule has 0 spiro atoms. The van der Waals surface area contributed by atoms with Gasteiger partial charge in [0.1, 0.15) is 0 Å². The average molecular weight is 347 g/mol. The lowest BCUT2D eigenvalue weighted by Crippen LogP contribution is -2.29. The van der Waals surface area contributed by atoms with Crippen LogP contribution in [0, 0.1) is 5.92 Å². The van der Waals surface area contributed by atoms with E-state index in [4.69, 9.17) is 0 Å². The summed E-state index contributed by atoms with van der Waals surface area (Å²) in [6, 6.07) is 6.61. The molecule has 0 amide bonds. The second-order valence-corrected chi connectivity index (χ2v) is 6.00. The molecule has 0 bridgehead atoms. The van der Waals surface area contributed by atoms with Crippen molar-refractivity contribution in [2.24, 2.45) is 5.92 Å². The van der Waals surface area contributed by atoms with E-state index in [1.807, 2.05) is 0 Å². The first-order chi connectivity index (χ1) is 7.70. The molecule has 88 valence electrons. The standard InChI is InChI=1S/C13H17Br2N/c1-16(9-10-3-2-4-10)12-6-5-11(8-14)13(15)7-12/h5-7,10H,2-4,8-9H2,1H3. The Morgan fingerprint density at radius 1 is 1.38 bits per heavy atom. The summed E-state index contributed by atoms with van der Waals surface area (Å²) in [7, 11) is 2.19. The van der Waals surface area contributed by atoms with E-state index in [2.05, 4.69) is 62.0 Å². The third kappa shape index (κ3) is 2.80. The van der Waals surface area contributed by atoms with E-state index < -0.39 is 0 Å². The van der Waals surface area contributed by atoms with Crippen molar-refractivity contribution < 1.29 is 0 Å². The number of alkyl halides is 1. The Kier molecular flexibility index (Phi) is 4.31. The van der Waals surface area contributed by atoms with Crippen LogP contribution in [0.1, 0.15) is 24.8 Å². The van der Waals surface area contributed by atoms with Gasteiger partial charge in [-0.25, -0.2) is 0 Å². The molecule has 1 saturated carbocycles. The number of nitrogens with zero attached hydrogens (tertiary/aromatic N) is 1. The minimum absolute atomic E-state index is 0.903. The van der Waals surface area contributed by atoms with Gasteiger partial charge in [0, 0.05) is 29.1 Å². The number of benzene rings is 1. The molecule has 0 aliphatic heterocycles. The molecule has 1 aromatic rings. The smallest absolute Gasteiger partial charge is 0.0375 e. The van der Waals surface area contributed by atoms with Crippen LogP contribution in [0.2, 0.25) is 0 Å². The highest BCUT2D eigenvalue weighted by Crippen LogP contribution is 2.30. The van der Waals surface area contributed by atoms with E-state index in [0.29, 0.717) is 0 Å². The van der Waals surface area contributed by atoms with Gasteiger partial charge >= 0.3 is 0 Å². The molecule has 16 heavy (non-hydrogen) atoms. The minimum Gasteiger partial charge on any atom is -0.374 e. The van der Waals surface area contributed by atoms with Gasteiger partial charge in [0.05, 0.1) is 0 Å². The van der Waals surface area contributed by atoms with Gasteiger partial charge in [-0.3, -0.25) is 0 Å². The topological polar surface area (TPSA) is 3.24 Å². The van der Waals surface area contributed by atoms with E-state index in [0.717, 1.165) is 11.2 Å². The summed E-state index contributed by atoms with van der Waals surface area (Å²) < 4.78 is 1.20. The van der Waals surface area contributed by atoms with Crippen LogP contribution in [0.4, 0.5) is 5.69 Å². The largest absolute Gasteiger partial charge is 0.374 e. The maximum atomic E-state index is 3.62. The molecule has 3 heteroatoms. The molecule has 0 heterocycles. The Morgan fingerprint density at radius 2 is 2.12 bits per heavy atom. The molecule has 1 fully saturated rings. The number of rotatable bonds is 4. The maximum Gasteiger partial charge on any atom is 0.0375 e. The third-order valence-electron chi connectivity index (χ3n) is 3.38. The highest BCUT2D eigenvalue weighted by atomic mass is 79.9. The fourth-order valence-electron chi connectivity index (χ4n) is 2.05. The van der Waals surface area contributed by atoms with Crippen LogP contribution in [0.15, 0.2) is 22.7 Å². The molecule has 1 aromatic carbocycles. The van der Waals surface area contributed by atoms with E-state index in [-0.39, 0.29) is 0 Å². The van der Waals surface area contributed by atoms with Crippen molar-refractivity contribution >= 4 is 37.5 Å². The molecule has 1 nitrogen and oxygen atoms in total. The quantitative estimate of drug-likeness (QED) is 0.721. The minimum atomic E-state index is 0.903. The number of hydrogen-bond acceptors (Lipinski definition) is 1. The van der Waals surface area contributed by atoms with Crippen LogP contribution in [0.25, 0.3) is 0 Å². The van der Waals surface area contributed by atoms with Gasteiger partial charge in [0.2, 0.25) is 0 Å². The van der Waals surface area contributed by atoms with Crippen molar-refractivity contribution in [2.45, 2.75) is 24.6 Å². The lowest BCUT2D eigenvalue weighted by Gasteiger charge is -2.31. The van der Waals surface area contributed by atoms with Crippen molar-refractivity contribution in [3.63, 3.8) is 0 Å². The summed E-state index contributed by atoms with van der Waals surface area (Å²) in [5.41, 5.74) is 2.62. The first kappa shape index (κ1) is 12.4. The summed E-state index contributed by atoms with van der Waals surface area (Å²) in [6.45, 7) is 1.19. The van der Waals surface area contributed by atoms with Crippen LogP contribution in [0.3, 0.4) is 0 Å². The number of hydrogen-bond donors (Lipinski definition) is 0. The van der Waals surface area contributed by atoms with Crippen LogP contribution in [0.5, 0.6) is 0 Å². The van der Waals surface area contributed by atoms with Gasteiger partial charge < -0.3 is 4.90 Å². The summed E-state index contributed by atoms with van der Waals surface area (Å²) in [5.74, 6) is 0.916. The van der Waals surface area contributed by atoms with E-state index in [1.54, 1.807) is 0 Å². The molecular formula is C13H17Br2N. The molecule has 0 atom stereocenters. The lowest BCUT2D eigenvalue weighted by atomic mass is 9.85. The van der Waals surface area contributed by atoms with Crippen LogP contribution < -0.4 is 4.90 Å². The lowest BCUT2D eigenvalue weighted by molar-refractivity contribution is 0.321. The first-order valence-corrected chi connectivity index (χ1v) is 7.67. The van der Waals surface area contributed by atoms with Gasteiger partial charge in [-0.05, 0) is 36.5 Å². The van der Waals surface area contributed by atoms with Gasteiger partial charge in [-0.2, -0.15) is 0 Å². The molecule has 0 aromatic heterocycles. The average Bonchev–Trinajstić information content (AvgIpc) is 2.23. The Morgan fingerprint density at radius 3 is 2.62 bits per heavy atom. The molecule has 0 unspecified atom stereocenters. The summed E-state index contributed by atoms with van der Waals surface area (Å²) in [6.07, 6.45) is 4.24. The zero-order chi connectivity index (χ0) is 11.5. The Hall–Kier alpha value is -0.0200. The zero-order valence-corrected chi connectivity index (χ0v) is 12.7. The maximum absolute atomic E-state index is 3.62. The van der Waals surface area contributed by atoms with Crippen molar-refractivity contribution in [1.29, 1.82) is 0 Å². The molecule has 1 aliphatic carbocycles. The Balaban J connectivity index is 2.04. The predicted octanol–water partition coefficient (Wildman–Crippen LogP) is 4.58. The van der Waals surface area contributed by atoms with Crippen molar-refractivity contribution in [3.05, 3.63) is 28.2 Å². The second kappa shape index (κ2) is 5.54. The summed E-state index contributed by atoms with van der Waals surface area (Å²) in [4.78, 5) is 2.37. The molecule has 1 aliphatic rings. The van der Waals surface area contributed by atoms with Crippen LogP contribution >= 0.6 is 31.9 Å². The van der Waals surface area contributed by atoms with Crippen molar-refractivity contribution in [2.75, 3.05) is 18.5 Å². The highest BCUT2D eigenvalue weighted by Gasteiger charge is 2.19. The second-order valence-electron chi connectivity index (χ2n) is 4.59. The Bertz CT molecular complexity index is 361. The van der Waals surface area contributed by atoms with E-state index in [1.165, 1.54) is 41.5 Å². The molecular weight excluding hydrogens is 330 g/mol. The Labute approximate surface area is 114 Å². The zero-order valence-electron chi connectivity index (χ0n) is 9.55. The SMILES string of the molecule is CN(CC1CCC1)c1ccc(CBr)c(Br)c1. The van der Waals surface area contributed by atoms with E-state index in [9.17, 15) is 0 Å². The third-order valence-corrected chi connectivity index (χ3v) is 4.72. The van der Waals surface area contributed by atoms with Gasteiger partial charge in [0.15, 0.2) is 0 Å². The van der Waals surface area contributed by atoms with Crippen molar-refractivity contribution in [3.8, 4) is 0 Å². The molecule has 0 saturated heterocycles. The van der Waals surface area contributed by atoms with Gasteiger partial charge in [-0.1, -0.05) is 44.3 Å². The fourth-order valence-corrected chi connectivity index (χ4v) is 3.42. The van der Waals surface area contributed by atoms with E-state index >= 15 is 0 Å². The predicted molar refractivity (Wildman–Crippen MR) is 77.4 cm³/mol. The fraction of sp³-hybridized carbons (Fsp3) is 0.538. The first-order valence-electron chi connectivity index (χ1n) is 5.76. The summed E-state index contributed by atoms with van der Waals surface area (Å²) >= 11 is 7.10. The summed E-state index contributed by atoms with van der Waals surface area (Å²) in [5, 5.41) is 0.903. The van der Waals surface area contributed by atoms with Gasteiger partial charge in [0.25, 0.3) is 0 Å². The van der Waals surface area contributed by atoms with Crippen molar-refractivity contribution in [1.82, 2.24) is 0 Å². The highest BCUT2D eigenvalue weighted by molar-refractivity contribution is 9.10. The molecule has 0 radical (unpaired) electrons. The monoisotopic (exact) mass is 345 g/mol. The number of anilines is 1. The number of halogens is 2. The van der Waals surface area contributed by atoms with Crippen LogP contribution in [-0.2, 0) is 5.33 Å². The normalized spacial score (nSPS) is 15.9. The van der Waals surface area contributed by atoms with Gasteiger partial charge in [-0.15, -0.1) is 0 Å². The molecule has 2 rings (SSSR count). The molecule has 0 N–H and O–H groups in total. The van der Waals surface area contributed by atoms with Crippen LogP contribution in [-0.4, -0.2) is 13.6 Å².